The molecule has 2 aromatic heterocycles. The van der Waals surface area contributed by atoms with Crippen LogP contribution in [0.25, 0.3) is 11.0 Å². The third-order valence-corrected chi connectivity index (χ3v) is 8.37. The van der Waals surface area contributed by atoms with Gasteiger partial charge in [-0.1, -0.05) is 0 Å². The summed E-state index contributed by atoms with van der Waals surface area (Å²) in [5.74, 6) is 1.44. The van der Waals surface area contributed by atoms with E-state index >= 15 is 0 Å². The predicted octanol–water partition coefficient (Wildman–Crippen LogP) is 4.45. The van der Waals surface area contributed by atoms with Gasteiger partial charge in [-0.2, -0.15) is 18.2 Å². The minimum absolute atomic E-state index is 0.241. The molecular formula is C26H39F3N6O. The lowest BCUT2D eigenvalue weighted by atomic mass is 9.78. The van der Waals surface area contributed by atoms with Gasteiger partial charge in [-0.05, 0) is 68.8 Å². The number of halogens is 3. The maximum Gasteiger partial charge on any atom is 0.390 e. The van der Waals surface area contributed by atoms with Crippen LogP contribution in [0.3, 0.4) is 0 Å². The number of nitrogens with zero attached hydrogens (tertiary/aromatic N) is 4. The third-order valence-electron chi connectivity index (χ3n) is 8.37. The molecule has 0 amide bonds. The van der Waals surface area contributed by atoms with Gasteiger partial charge in [0.2, 0.25) is 5.95 Å². The van der Waals surface area contributed by atoms with Gasteiger partial charge in [0.25, 0.3) is 0 Å². The van der Waals surface area contributed by atoms with E-state index in [-0.39, 0.29) is 24.6 Å². The van der Waals surface area contributed by atoms with Crippen molar-refractivity contribution < 1.29 is 18.3 Å². The number of aliphatic hydroxyl groups excluding tert-OH is 1. The first-order valence-electron chi connectivity index (χ1n) is 13.6. The van der Waals surface area contributed by atoms with Crippen molar-refractivity contribution in [2.45, 2.75) is 82.0 Å². The Kier molecular flexibility index (Phi) is 8.02. The lowest BCUT2D eigenvalue weighted by Crippen LogP contribution is -2.45. The maximum atomic E-state index is 12.6. The molecule has 3 N–H and O–H groups in total. The highest BCUT2D eigenvalue weighted by molar-refractivity contribution is 5.81. The van der Waals surface area contributed by atoms with Gasteiger partial charge in [0, 0.05) is 63.1 Å². The third kappa shape index (κ3) is 6.31. The van der Waals surface area contributed by atoms with E-state index in [4.69, 9.17) is 4.98 Å². The fraction of sp³-hybridized carbons (Fsp3) is 0.769. The van der Waals surface area contributed by atoms with Crippen LogP contribution >= 0.6 is 0 Å². The predicted molar refractivity (Wildman–Crippen MR) is 134 cm³/mol. The quantitative estimate of drug-likeness (QED) is 0.513. The Labute approximate surface area is 210 Å². The summed E-state index contributed by atoms with van der Waals surface area (Å²) in [6, 6.07) is 0.242. The summed E-state index contributed by atoms with van der Waals surface area (Å²) >= 11 is 0. The van der Waals surface area contributed by atoms with Crippen molar-refractivity contribution in [2.75, 3.05) is 44.6 Å². The SMILES string of the molecule is O[C@H]1CC[C@H](n2cc([C@H]3CC[C@H](CN4CCNCC4)CC3)c3cnc(NCCC(F)(F)F)nc32)CC1. The molecule has 0 radical (unpaired) electrons. The van der Waals surface area contributed by atoms with E-state index in [9.17, 15) is 18.3 Å². The van der Waals surface area contributed by atoms with Crippen LogP contribution in [0, 0.1) is 5.92 Å². The van der Waals surface area contributed by atoms with Gasteiger partial charge in [0.15, 0.2) is 0 Å². The number of nitrogens with one attached hydrogen (secondary N) is 2. The molecule has 3 aliphatic rings. The smallest absolute Gasteiger partial charge is 0.390 e. The van der Waals surface area contributed by atoms with Gasteiger partial charge < -0.3 is 25.2 Å². The van der Waals surface area contributed by atoms with Gasteiger partial charge in [-0.3, -0.25) is 0 Å². The van der Waals surface area contributed by atoms with Crippen molar-refractivity contribution >= 4 is 17.0 Å². The Bertz CT molecular complexity index is 989. The number of fused-ring (bicyclic) bond motifs is 1. The molecule has 200 valence electrons. The molecule has 36 heavy (non-hydrogen) atoms. The summed E-state index contributed by atoms with van der Waals surface area (Å²) < 4.78 is 40.0. The van der Waals surface area contributed by atoms with E-state index in [1.54, 1.807) is 6.20 Å². The normalized spacial score (nSPS) is 28.4. The molecule has 0 spiro atoms. The zero-order valence-electron chi connectivity index (χ0n) is 20.9. The fourth-order valence-electron chi connectivity index (χ4n) is 6.31. The van der Waals surface area contributed by atoms with Gasteiger partial charge in [0.1, 0.15) is 5.65 Å². The molecule has 5 rings (SSSR count). The monoisotopic (exact) mass is 508 g/mol. The minimum atomic E-state index is -4.21. The Morgan fingerprint density at radius 1 is 1.03 bits per heavy atom. The summed E-state index contributed by atoms with van der Waals surface area (Å²) in [7, 11) is 0. The van der Waals surface area contributed by atoms with Crippen LogP contribution in [0.5, 0.6) is 0 Å². The molecular weight excluding hydrogens is 469 g/mol. The van der Waals surface area contributed by atoms with Crippen LogP contribution in [0.1, 0.15) is 75.3 Å². The second-order valence-corrected chi connectivity index (χ2v) is 10.9. The number of anilines is 1. The largest absolute Gasteiger partial charge is 0.393 e. The van der Waals surface area contributed by atoms with Crippen molar-refractivity contribution in [1.82, 2.24) is 24.8 Å². The van der Waals surface area contributed by atoms with Crippen LogP contribution in [0.2, 0.25) is 0 Å². The van der Waals surface area contributed by atoms with Crippen LogP contribution in [-0.4, -0.2) is 76.1 Å². The summed E-state index contributed by atoms with van der Waals surface area (Å²) in [6.45, 7) is 5.40. The molecule has 7 nitrogen and oxygen atoms in total. The van der Waals surface area contributed by atoms with Crippen LogP contribution < -0.4 is 10.6 Å². The van der Waals surface area contributed by atoms with E-state index < -0.39 is 12.6 Å². The molecule has 0 unspecified atom stereocenters. The standard InChI is InChI=1S/C26H39F3N6O/c27-26(28,29)9-10-31-25-32-15-22-23(17-35(24(22)33-25)20-5-7-21(36)8-6-20)19-3-1-18(2-4-19)16-34-13-11-30-12-14-34/h15,17-21,30,36H,1-14,16H2,(H,31,32,33)/t18-,19-,20-,21-. The van der Waals surface area contributed by atoms with Crippen molar-refractivity contribution in [2.24, 2.45) is 5.92 Å². The summed E-state index contributed by atoms with van der Waals surface area (Å²) in [6.07, 6.45) is 6.66. The van der Waals surface area contributed by atoms with Gasteiger partial charge in [-0.15, -0.1) is 0 Å². The van der Waals surface area contributed by atoms with E-state index in [0.29, 0.717) is 5.92 Å². The topological polar surface area (TPSA) is 78.2 Å². The molecule has 10 heteroatoms. The van der Waals surface area contributed by atoms with E-state index in [0.717, 1.165) is 81.7 Å². The minimum Gasteiger partial charge on any atom is -0.393 e. The van der Waals surface area contributed by atoms with Crippen molar-refractivity contribution in [1.29, 1.82) is 0 Å². The molecule has 1 saturated heterocycles. The van der Waals surface area contributed by atoms with Crippen LogP contribution in [0.4, 0.5) is 19.1 Å². The molecule has 3 heterocycles. The van der Waals surface area contributed by atoms with E-state index in [1.807, 2.05) is 0 Å². The fourth-order valence-corrected chi connectivity index (χ4v) is 6.31. The number of hydrogen-bond acceptors (Lipinski definition) is 6. The Morgan fingerprint density at radius 3 is 2.44 bits per heavy atom. The first-order valence-corrected chi connectivity index (χ1v) is 13.6. The van der Waals surface area contributed by atoms with Crippen LogP contribution in [0.15, 0.2) is 12.4 Å². The molecule has 1 aliphatic heterocycles. The Hall–Kier alpha value is -1.91. The molecule has 2 aliphatic carbocycles. The second-order valence-electron chi connectivity index (χ2n) is 10.9. The molecule has 3 fully saturated rings. The average molecular weight is 509 g/mol. The highest BCUT2D eigenvalue weighted by atomic mass is 19.4. The Morgan fingerprint density at radius 2 is 1.75 bits per heavy atom. The summed E-state index contributed by atoms with van der Waals surface area (Å²) in [5, 5.41) is 17.2. The number of aromatic nitrogens is 3. The molecule has 0 bridgehead atoms. The van der Waals surface area contributed by atoms with Crippen LogP contribution in [-0.2, 0) is 0 Å². The number of aliphatic hydroxyl groups is 1. The van der Waals surface area contributed by atoms with Gasteiger partial charge >= 0.3 is 6.18 Å². The lowest BCUT2D eigenvalue weighted by molar-refractivity contribution is -0.131. The van der Waals surface area contributed by atoms with Gasteiger partial charge in [-0.25, -0.2) is 4.98 Å². The van der Waals surface area contributed by atoms with Gasteiger partial charge in [0.05, 0.1) is 12.5 Å². The highest BCUT2D eigenvalue weighted by Gasteiger charge is 2.30. The number of rotatable bonds is 7. The second kappa shape index (κ2) is 11.2. The zero-order valence-corrected chi connectivity index (χ0v) is 20.9. The Balaban J connectivity index is 1.32. The number of alkyl halides is 3. The number of piperazine rings is 1. The lowest BCUT2D eigenvalue weighted by Gasteiger charge is -2.34. The maximum absolute atomic E-state index is 12.6. The molecule has 0 aromatic carbocycles. The molecule has 0 atom stereocenters. The highest BCUT2D eigenvalue weighted by Crippen LogP contribution is 2.41. The zero-order chi connectivity index (χ0) is 25.1. The first-order chi connectivity index (χ1) is 17.4. The van der Waals surface area contributed by atoms with E-state index in [2.05, 4.69) is 31.3 Å². The number of hydrogen-bond donors (Lipinski definition) is 3. The average Bonchev–Trinajstić information content (AvgIpc) is 3.24. The summed E-state index contributed by atoms with van der Waals surface area (Å²) in [5.41, 5.74) is 2.08. The van der Waals surface area contributed by atoms with E-state index in [1.165, 1.54) is 24.9 Å². The molecule has 2 saturated carbocycles. The van der Waals surface area contributed by atoms with Crippen molar-refractivity contribution in [3.8, 4) is 0 Å². The van der Waals surface area contributed by atoms with Crippen molar-refractivity contribution in [3.05, 3.63) is 18.0 Å². The van der Waals surface area contributed by atoms with Crippen molar-refractivity contribution in [3.63, 3.8) is 0 Å². The first kappa shape index (κ1) is 25.7. The molecule has 2 aromatic rings. The summed E-state index contributed by atoms with van der Waals surface area (Å²) in [4.78, 5) is 11.7.